The number of esters is 1. The maximum absolute atomic E-state index is 10.9. The van der Waals surface area contributed by atoms with Crippen molar-refractivity contribution in [3.05, 3.63) is 37.0 Å². The highest BCUT2D eigenvalue weighted by molar-refractivity contribution is 5.66. The Labute approximate surface area is 98.7 Å². The molecule has 0 aliphatic rings. The number of allylic oxidation sites excluding steroid dienone is 4. The number of hydrogen-bond donors (Lipinski definition) is 0. The SMILES string of the molecule is C=CC=CC=CC(CCCCC)OC(C)=O. The molecule has 1 atom stereocenters. The minimum absolute atomic E-state index is 0.0986. The van der Waals surface area contributed by atoms with Crippen LogP contribution in [0.3, 0.4) is 0 Å². The van der Waals surface area contributed by atoms with Crippen LogP contribution in [0.25, 0.3) is 0 Å². The van der Waals surface area contributed by atoms with Crippen molar-refractivity contribution in [2.45, 2.75) is 45.6 Å². The molecule has 0 heterocycles. The van der Waals surface area contributed by atoms with Gasteiger partial charge in [0.2, 0.25) is 0 Å². The van der Waals surface area contributed by atoms with E-state index >= 15 is 0 Å². The number of carbonyl (C=O) groups excluding carboxylic acids is 1. The molecule has 2 heteroatoms. The summed E-state index contributed by atoms with van der Waals surface area (Å²) in [5.41, 5.74) is 0. The summed E-state index contributed by atoms with van der Waals surface area (Å²) in [7, 11) is 0. The minimum atomic E-state index is -0.223. The molecule has 0 spiro atoms. The third-order valence-corrected chi connectivity index (χ3v) is 2.09. The molecule has 0 aromatic rings. The van der Waals surface area contributed by atoms with Crippen molar-refractivity contribution in [3.63, 3.8) is 0 Å². The second-order valence-electron chi connectivity index (χ2n) is 3.65. The van der Waals surface area contributed by atoms with Crippen LogP contribution in [0.2, 0.25) is 0 Å². The summed E-state index contributed by atoms with van der Waals surface area (Å²) >= 11 is 0. The largest absolute Gasteiger partial charge is 0.458 e. The number of carbonyl (C=O) groups is 1. The predicted octanol–water partition coefficient (Wildman–Crippen LogP) is 3.80. The highest BCUT2D eigenvalue weighted by Gasteiger charge is 2.06. The molecular weight excluding hydrogens is 200 g/mol. The van der Waals surface area contributed by atoms with Gasteiger partial charge in [0.25, 0.3) is 0 Å². The Morgan fingerprint density at radius 2 is 2.06 bits per heavy atom. The Morgan fingerprint density at radius 3 is 2.62 bits per heavy atom. The van der Waals surface area contributed by atoms with Gasteiger partial charge in [-0.25, -0.2) is 0 Å². The first-order valence-corrected chi connectivity index (χ1v) is 5.83. The predicted molar refractivity (Wildman–Crippen MR) is 68.2 cm³/mol. The van der Waals surface area contributed by atoms with Gasteiger partial charge in [-0.15, -0.1) is 0 Å². The summed E-state index contributed by atoms with van der Waals surface area (Å²) in [5, 5.41) is 0. The Hall–Kier alpha value is -1.31. The first-order chi connectivity index (χ1) is 7.70. The second-order valence-corrected chi connectivity index (χ2v) is 3.65. The fourth-order valence-corrected chi connectivity index (χ4v) is 1.33. The van der Waals surface area contributed by atoms with Gasteiger partial charge in [-0.05, 0) is 18.9 Å². The fraction of sp³-hybridized carbons (Fsp3) is 0.500. The van der Waals surface area contributed by atoms with Crippen LogP contribution in [0.4, 0.5) is 0 Å². The summed E-state index contributed by atoms with van der Waals surface area (Å²) in [6.07, 6.45) is 13.5. The zero-order chi connectivity index (χ0) is 12.2. The Kier molecular flexibility index (Phi) is 9.38. The molecule has 0 rings (SSSR count). The third kappa shape index (κ3) is 9.25. The lowest BCUT2D eigenvalue weighted by Gasteiger charge is -2.12. The van der Waals surface area contributed by atoms with Crippen LogP contribution < -0.4 is 0 Å². The quantitative estimate of drug-likeness (QED) is 0.355. The summed E-state index contributed by atoms with van der Waals surface area (Å²) in [5.74, 6) is -0.223. The Morgan fingerprint density at radius 1 is 1.31 bits per heavy atom. The zero-order valence-corrected chi connectivity index (χ0v) is 10.3. The van der Waals surface area contributed by atoms with Gasteiger partial charge in [0.1, 0.15) is 6.10 Å². The average molecular weight is 222 g/mol. The maximum Gasteiger partial charge on any atom is 0.303 e. The number of hydrogen-bond acceptors (Lipinski definition) is 2. The van der Waals surface area contributed by atoms with Gasteiger partial charge in [-0.3, -0.25) is 4.79 Å². The topological polar surface area (TPSA) is 26.3 Å². The molecule has 0 bridgehead atoms. The molecule has 0 saturated carbocycles. The number of unbranched alkanes of at least 4 members (excludes halogenated alkanes) is 2. The Bertz CT molecular complexity index is 251. The monoisotopic (exact) mass is 222 g/mol. The number of rotatable bonds is 8. The van der Waals surface area contributed by atoms with Gasteiger partial charge in [0, 0.05) is 6.92 Å². The van der Waals surface area contributed by atoms with Crippen LogP contribution in [0.15, 0.2) is 37.0 Å². The summed E-state index contributed by atoms with van der Waals surface area (Å²) in [4.78, 5) is 10.9. The maximum atomic E-state index is 10.9. The molecule has 2 nitrogen and oxygen atoms in total. The molecule has 0 aromatic heterocycles. The van der Waals surface area contributed by atoms with E-state index in [9.17, 15) is 4.79 Å². The van der Waals surface area contributed by atoms with Crippen LogP contribution >= 0.6 is 0 Å². The molecule has 0 N–H and O–H groups in total. The Balaban J connectivity index is 4.08. The van der Waals surface area contributed by atoms with Crippen LogP contribution in [-0.4, -0.2) is 12.1 Å². The van der Waals surface area contributed by atoms with Gasteiger partial charge < -0.3 is 4.74 Å². The molecule has 0 aliphatic carbocycles. The van der Waals surface area contributed by atoms with E-state index in [4.69, 9.17) is 4.74 Å². The van der Waals surface area contributed by atoms with Gasteiger partial charge >= 0.3 is 5.97 Å². The van der Waals surface area contributed by atoms with E-state index in [1.807, 2.05) is 24.3 Å². The molecule has 16 heavy (non-hydrogen) atoms. The van der Waals surface area contributed by atoms with E-state index in [0.29, 0.717) is 0 Å². The van der Waals surface area contributed by atoms with E-state index in [1.165, 1.54) is 19.8 Å². The molecule has 90 valence electrons. The highest BCUT2D eigenvalue weighted by atomic mass is 16.5. The standard InChI is InChI=1S/C14H22O2/c1-4-6-8-10-12-14(16-13(3)15)11-9-7-5-2/h4,6,8,10,12,14H,1,5,7,9,11H2,2-3H3. The van der Waals surface area contributed by atoms with E-state index in [-0.39, 0.29) is 12.1 Å². The van der Waals surface area contributed by atoms with E-state index in [2.05, 4.69) is 13.5 Å². The molecule has 0 aliphatic heterocycles. The molecule has 0 saturated heterocycles. The van der Waals surface area contributed by atoms with E-state index < -0.39 is 0 Å². The fourth-order valence-electron chi connectivity index (χ4n) is 1.33. The van der Waals surface area contributed by atoms with Crippen molar-refractivity contribution < 1.29 is 9.53 Å². The van der Waals surface area contributed by atoms with Gasteiger partial charge in [0.15, 0.2) is 0 Å². The second kappa shape index (κ2) is 10.2. The average Bonchev–Trinajstić information content (AvgIpc) is 2.23. The summed E-state index contributed by atoms with van der Waals surface area (Å²) in [6, 6.07) is 0. The lowest BCUT2D eigenvalue weighted by molar-refractivity contribution is -0.144. The van der Waals surface area contributed by atoms with Crippen LogP contribution in [0, 0.1) is 0 Å². The van der Waals surface area contributed by atoms with Crippen LogP contribution in [0.5, 0.6) is 0 Å². The first-order valence-electron chi connectivity index (χ1n) is 5.83. The van der Waals surface area contributed by atoms with Crippen molar-refractivity contribution in [2.75, 3.05) is 0 Å². The van der Waals surface area contributed by atoms with Crippen LogP contribution in [-0.2, 0) is 9.53 Å². The van der Waals surface area contributed by atoms with Gasteiger partial charge in [-0.2, -0.15) is 0 Å². The smallest absolute Gasteiger partial charge is 0.303 e. The summed E-state index contributed by atoms with van der Waals surface area (Å²) < 4.78 is 5.19. The first kappa shape index (κ1) is 14.7. The highest BCUT2D eigenvalue weighted by Crippen LogP contribution is 2.08. The summed E-state index contributed by atoms with van der Waals surface area (Å²) in [6.45, 7) is 7.18. The third-order valence-electron chi connectivity index (χ3n) is 2.09. The van der Waals surface area contributed by atoms with E-state index in [0.717, 1.165) is 12.8 Å². The molecule has 0 aromatic carbocycles. The molecule has 0 amide bonds. The van der Waals surface area contributed by atoms with Gasteiger partial charge in [-0.1, -0.05) is 50.6 Å². The molecule has 1 unspecified atom stereocenters. The molecular formula is C14H22O2. The normalized spacial score (nSPS) is 13.1. The van der Waals surface area contributed by atoms with Gasteiger partial charge in [0.05, 0.1) is 0 Å². The van der Waals surface area contributed by atoms with Crippen molar-refractivity contribution in [3.8, 4) is 0 Å². The lowest BCUT2D eigenvalue weighted by atomic mass is 10.1. The van der Waals surface area contributed by atoms with Crippen molar-refractivity contribution in [2.24, 2.45) is 0 Å². The zero-order valence-electron chi connectivity index (χ0n) is 10.3. The van der Waals surface area contributed by atoms with Crippen molar-refractivity contribution >= 4 is 5.97 Å². The molecule has 0 radical (unpaired) electrons. The number of ether oxygens (including phenoxy) is 1. The lowest BCUT2D eigenvalue weighted by Crippen LogP contribution is -2.13. The minimum Gasteiger partial charge on any atom is -0.458 e. The molecule has 0 fully saturated rings. The van der Waals surface area contributed by atoms with Crippen molar-refractivity contribution in [1.29, 1.82) is 0 Å². The van der Waals surface area contributed by atoms with Crippen LogP contribution in [0.1, 0.15) is 39.5 Å². The van der Waals surface area contributed by atoms with Crippen molar-refractivity contribution in [1.82, 2.24) is 0 Å². The van der Waals surface area contributed by atoms with E-state index in [1.54, 1.807) is 6.08 Å².